The van der Waals surface area contributed by atoms with Gasteiger partial charge in [0.2, 0.25) is 10.1 Å². The molecule has 2 aromatic heterocycles. The van der Waals surface area contributed by atoms with Crippen LogP contribution < -0.4 is 5.73 Å². The van der Waals surface area contributed by atoms with Crippen LogP contribution in [0.3, 0.4) is 0 Å². The average Bonchev–Trinajstić information content (AvgIpc) is 2.77. The zero-order chi connectivity index (χ0) is 10.3. The molecule has 0 atom stereocenters. The second-order valence-corrected chi connectivity index (χ2v) is 5.02. The van der Waals surface area contributed by atoms with Crippen LogP contribution in [-0.2, 0) is 0 Å². The van der Waals surface area contributed by atoms with Crippen molar-refractivity contribution in [2.45, 2.75) is 38.0 Å². The van der Waals surface area contributed by atoms with E-state index < -0.39 is 0 Å². The van der Waals surface area contributed by atoms with E-state index in [4.69, 9.17) is 5.73 Å². The molecule has 2 aromatic rings. The first-order valence-electron chi connectivity index (χ1n) is 5.32. The van der Waals surface area contributed by atoms with E-state index in [9.17, 15) is 0 Å². The summed E-state index contributed by atoms with van der Waals surface area (Å²) in [5.41, 5.74) is 5.65. The lowest BCUT2D eigenvalue weighted by Gasteiger charge is -2.18. The summed E-state index contributed by atoms with van der Waals surface area (Å²) in [6, 6.07) is 0. The Hall–Kier alpha value is -1.17. The van der Waals surface area contributed by atoms with E-state index in [1.54, 1.807) is 0 Å². The Morgan fingerprint density at radius 1 is 1.20 bits per heavy atom. The second-order valence-electron chi connectivity index (χ2n) is 4.03. The minimum atomic E-state index is 0.523. The number of fused-ring (bicyclic) bond motifs is 1. The van der Waals surface area contributed by atoms with Crippen molar-refractivity contribution in [3.05, 3.63) is 5.82 Å². The molecule has 0 aliphatic heterocycles. The van der Waals surface area contributed by atoms with Crippen LogP contribution in [-0.4, -0.2) is 19.8 Å². The fourth-order valence-electron chi connectivity index (χ4n) is 2.26. The Morgan fingerprint density at radius 2 is 2.00 bits per heavy atom. The van der Waals surface area contributed by atoms with Crippen LogP contribution in [0.4, 0.5) is 5.13 Å². The minimum Gasteiger partial charge on any atom is -0.374 e. The van der Waals surface area contributed by atoms with E-state index in [2.05, 4.69) is 15.3 Å². The Kier molecular flexibility index (Phi) is 2.09. The highest BCUT2D eigenvalue weighted by atomic mass is 32.1. The average molecular weight is 223 g/mol. The van der Waals surface area contributed by atoms with Crippen molar-refractivity contribution in [3.63, 3.8) is 0 Å². The van der Waals surface area contributed by atoms with Gasteiger partial charge in [0, 0.05) is 5.92 Å². The smallest absolute Gasteiger partial charge is 0.236 e. The van der Waals surface area contributed by atoms with Crippen LogP contribution in [0.25, 0.3) is 4.96 Å². The van der Waals surface area contributed by atoms with Crippen molar-refractivity contribution in [2.75, 3.05) is 5.73 Å². The lowest BCUT2D eigenvalue weighted by Crippen LogP contribution is -2.09. The van der Waals surface area contributed by atoms with Crippen LogP contribution in [0.2, 0.25) is 0 Å². The number of nitrogens with two attached hydrogens (primary N) is 1. The molecule has 1 saturated carbocycles. The van der Waals surface area contributed by atoms with Gasteiger partial charge < -0.3 is 5.73 Å². The molecular weight excluding hydrogens is 210 g/mol. The van der Waals surface area contributed by atoms with Gasteiger partial charge in [0.15, 0.2) is 5.82 Å². The molecule has 0 spiro atoms. The molecule has 0 aromatic carbocycles. The zero-order valence-electron chi connectivity index (χ0n) is 8.39. The van der Waals surface area contributed by atoms with Crippen molar-refractivity contribution < 1.29 is 0 Å². The molecule has 1 fully saturated rings. The fraction of sp³-hybridized carbons (Fsp3) is 0.667. The number of nitrogen functional groups attached to an aromatic ring is 1. The maximum atomic E-state index is 5.65. The molecular formula is C9H13N5S. The molecule has 3 rings (SSSR count). The molecule has 5 nitrogen and oxygen atoms in total. The molecule has 0 unspecified atom stereocenters. The van der Waals surface area contributed by atoms with Crippen LogP contribution in [0.15, 0.2) is 0 Å². The van der Waals surface area contributed by atoms with E-state index in [-0.39, 0.29) is 0 Å². The summed E-state index contributed by atoms with van der Waals surface area (Å²) in [6.07, 6.45) is 6.34. The third-order valence-electron chi connectivity index (χ3n) is 3.00. The van der Waals surface area contributed by atoms with E-state index in [0.717, 1.165) is 10.8 Å². The van der Waals surface area contributed by atoms with Gasteiger partial charge in [0.1, 0.15) is 0 Å². The summed E-state index contributed by atoms with van der Waals surface area (Å²) in [7, 11) is 0. The van der Waals surface area contributed by atoms with E-state index in [1.165, 1.54) is 43.4 Å². The summed E-state index contributed by atoms with van der Waals surface area (Å²) in [4.78, 5) is 0.813. The maximum absolute atomic E-state index is 5.65. The molecule has 1 aliphatic carbocycles. The van der Waals surface area contributed by atoms with E-state index >= 15 is 0 Å². The number of hydrogen-bond donors (Lipinski definition) is 1. The van der Waals surface area contributed by atoms with Crippen molar-refractivity contribution in [1.29, 1.82) is 0 Å². The number of nitrogens with zero attached hydrogens (tertiary/aromatic N) is 4. The fourth-order valence-corrected chi connectivity index (χ4v) is 2.87. The monoisotopic (exact) mass is 223 g/mol. The van der Waals surface area contributed by atoms with E-state index in [0.29, 0.717) is 11.0 Å². The molecule has 0 saturated heterocycles. The van der Waals surface area contributed by atoms with Crippen LogP contribution >= 0.6 is 11.3 Å². The maximum Gasteiger partial charge on any atom is 0.236 e. The molecule has 2 N–H and O–H groups in total. The lowest BCUT2D eigenvalue weighted by molar-refractivity contribution is 0.423. The molecule has 0 amide bonds. The van der Waals surface area contributed by atoms with Crippen molar-refractivity contribution in [3.8, 4) is 0 Å². The summed E-state index contributed by atoms with van der Waals surface area (Å²) >= 11 is 1.39. The molecule has 0 radical (unpaired) electrons. The molecule has 1 aliphatic rings. The first-order chi connectivity index (χ1) is 7.34. The molecule has 80 valence electrons. The van der Waals surface area contributed by atoms with Crippen molar-refractivity contribution in [2.24, 2.45) is 0 Å². The van der Waals surface area contributed by atoms with Crippen molar-refractivity contribution >= 4 is 21.4 Å². The normalized spacial score (nSPS) is 18.7. The molecule has 2 heterocycles. The largest absolute Gasteiger partial charge is 0.374 e. The summed E-state index contributed by atoms with van der Waals surface area (Å²) in [6.45, 7) is 0. The first-order valence-corrected chi connectivity index (χ1v) is 6.14. The lowest BCUT2D eigenvalue weighted by atomic mass is 9.89. The summed E-state index contributed by atoms with van der Waals surface area (Å²) in [5, 5.41) is 13.1. The van der Waals surface area contributed by atoms with Crippen LogP contribution in [0.5, 0.6) is 0 Å². The van der Waals surface area contributed by atoms with Crippen LogP contribution in [0, 0.1) is 0 Å². The Bertz CT molecular complexity index is 468. The third-order valence-corrected chi connectivity index (χ3v) is 3.73. The van der Waals surface area contributed by atoms with E-state index in [1.807, 2.05) is 4.52 Å². The van der Waals surface area contributed by atoms with Gasteiger partial charge in [-0.1, -0.05) is 30.6 Å². The summed E-state index contributed by atoms with van der Waals surface area (Å²) < 4.78 is 1.82. The second kappa shape index (κ2) is 3.44. The van der Waals surface area contributed by atoms with Gasteiger partial charge in [-0.2, -0.15) is 4.52 Å². The highest BCUT2D eigenvalue weighted by Crippen LogP contribution is 2.32. The highest BCUT2D eigenvalue weighted by molar-refractivity contribution is 7.20. The SMILES string of the molecule is Nc1nn2c(C3CCCCC3)nnc2s1. The quantitative estimate of drug-likeness (QED) is 0.800. The number of hydrogen-bond acceptors (Lipinski definition) is 5. The topological polar surface area (TPSA) is 69.1 Å². The van der Waals surface area contributed by atoms with Crippen LogP contribution in [0.1, 0.15) is 43.8 Å². The minimum absolute atomic E-state index is 0.523. The predicted octanol–water partition coefficient (Wildman–Crippen LogP) is 1.82. The van der Waals surface area contributed by atoms with Gasteiger partial charge in [-0.15, -0.1) is 15.3 Å². The number of rotatable bonds is 1. The van der Waals surface area contributed by atoms with Gasteiger partial charge in [-0.25, -0.2) is 0 Å². The molecule has 6 heteroatoms. The van der Waals surface area contributed by atoms with Crippen molar-refractivity contribution in [1.82, 2.24) is 19.8 Å². The Morgan fingerprint density at radius 3 is 2.80 bits per heavy atom. The molecule has 0 bridgehead atoms. The van der Waals surface area contributed by atoms with Gasteiger partial charge in [-0.05, 0) is 12.8 Å². The number of aromatic nitrogens is 4. The molecule has 15 heavy (non-hydrogen) atoms. The Balaban J connectivity index is 2.01. The highest BCUT2D eigenvalue weighted by Gasteiger charge is 2.22. The third kappa shape index (κ3) is 1.49. The standard InChI is InChI=1S/C9H13N5S/c10-8-13-14-7(11-12-9(14)15-8)6-4-2-1-3-5-6/h6H,1-5H2,(H2,10,13). The first kappa shape index (κ1) is 9.08. The van der Waals surface area contributed by atoms with Gasteiger partial charge >= 0.3 is 0 Å². The summed E-state index contributed by atoms with van der Waals surface area (Å²) in [5.74, 6) is 1.52. The van der Waals surface area contributed by atoms with Gasteiger partial charge in [0.05, 0.1) is 0 Å². The van der Waals surface area contributed by atoms with Gasteiger partial charge in [0.25, 0.3) is 0 Å². The Labute approximate surface area is 91.3 Å². The predicted molar refractivity (Wildman–Crippen MR) is 58.9 cm³/mol. The number of anilines is 1. The van der Waals surface area contributed by atoms with Gasteiger partial charge in [-0.3, -0.25) is 0 Å². The zero-order valence-corrected chi connectivity index (χ0v) is 9.20.